The number of hydrogen-bond donors (Lipinski definition) is 2. The lowest BCUT2D eigenvalue weighted by atomic mass is 10.0. The fourth-order valence-electron chi connectivity index (χ4n) is 1.41. The first kappa shape index (κ1) is 17.5. The molecule has 0 bridgehead atoms. The standard InChI is InChI=1S/C14H25NO4/c1-5-6-8-11(12(16)17)9-7-10-15-13(18)19-14(2,3)4/h7,9,11H,5-6,8,10H2,1-4H3,(H,15,18)(H,16,17)/b9-7+/t11-/m1/s1. The number of ether oxygens (including phenoxy) is 1. The van der Waals surface area contributed by atoms with Crippen LogP contribution in [0, 0.1) is 5.92 Å². The summed E-state index contributed by atoms with van der Waals surface area (Å²) in [6.45, 7) is 7.65. The highest BCUT2D eigenvalue weighted by atomic mass is 16.6. The Morgan fingerprint density at radius 3 is 2.47 bits per heavy atom. The maximum atomic E-state index is 11.3. The maximum Gasteiger partial charge on any atom is 0.407 e. The highest BCUT2D eigenvalue weighted by Gasteiger charge is 2.15. The number of carboxylic acids is 1. The van der Waals surface area contributed by atoms with Gasteiger partial charge in [-0.2, -0.15) is 0 Å². The zero-order valence-corrected chi connectivity index (χ0v) is 12.2. The Balaban J connectivity index is 4.05. The lowest BCUT2D eigenvalue weighted by Crippen LogP contribution is -2.32. The highest BCUT2D eigenvalue weighted by molar-refractivity contribution is 5.72. The number of unbranched alkanes of at least 4 members (excludes halogenated alkanes) is 1. The zero-order chi connectivity index (χ0) is 14.9. The van der Waals surface area contributed by atoms with E-state index >= 15 is 0 Å². The molecule has 1 atom stereocenters. The van der Waals surface area contributed by atoms with Crippen molar-refractivity contribution in [1.82, 2.24) is 5.32 Å². The molecule has 110 valence electrons. The number of nitrogens with one attached hydrogen (secondary N) is 1. The van der Waals surface area contributed by atoms with Gasteiger partial charge in [-0.3, -0.25) is 4.79 Å². The average molecular weight is 271 g/mol. The Kier molecular flexibility index (Phi) is 7.87. The molecular formula is C14H25NO4. The molecule has 0 unspecified atom stereocenters. The second-order valence-corrected chi connectivity index (χ2v) is 5.40. The van der Waals surface area contributed by atoms with Crippen LogP contribution in [0.5, 0.6) is 0 Å². The fourth-order valence-corrected chi connectivity index (χ4v) is 1.41. The number of aliphatic carboxylic acids is 1. The van der Waals surface area contributed by atoms with Gasteiger partial charge < -0.3 is 15.2 Å². The zero-order valence-electron chi connectivity index (χ0n) is 12.2. The second kappa shape index (κ2) is 8.56. The third-order valence-electron chi connectivity index (χ3n) is 2.32. The van der Waals surface area contributed by atoms with Crippen LogP contribution < -0.4 is 5.32 Å². The largest absolute Gasteiger partial charge is 0.481 e. The molecule has 5 nitrogen and oxygen atoms in total. The monoisotopic (exact) mass is 271 g/mol. The third-order valence-corrected chi connectivity index (χ3v) is 2.32. The van der Waals surface area contributed by atoms with Crippen molar-refractivity contribution < 1.29 is 19.4 Å². The minimum absolute atomic E-state index is 0.269. The van der Waals surface area contributed by atoms with E-state index in [0.29, 0.717) is 6.42 Å². The first-order valence-corrected chi connectivity index (χ1v) is 6.62. The van der Waals surface area contributed by atoms with Crippen LogP contribution in [0.3, 0.4) is 0 Å². The number of hydrogen-bond acceptors (Lipinski definition) is 3. The predicted molar refractivity (Wildman–Crippen MR) is 74.0 cm³/mol. The van der Waals surface area contributed by atoms with Crippen LogP contribution in [-0.4, -0.2) is 29.3 Å². The lowest BCUT2D eigenvalue weighted by Gasteiger charge is -2.19. The van der Waals surface area contributed by atoms with Crippen LogP contribution in [0.4, 0.5) is 4.79 Å². The van der Waals surface area contributed by atoms with Crippen molar-refractivity contribution in [3.63, 3.8) is 0 Å². The van der Waals surface area contributed by atoms with Gasteiger partial charge in [0, 0.05) is 6.54 Å². The summed E-state index contributed by atoms with van der Waals surface area (Å²) in [4.78, 5) is 22.3. The van der Waals surface area contributed by atoms with E-state index in [9.17, 15) is 9.59 Å². The Bertz CT molecular complexity index is 318. The molecule has 0 fully saturated rings. The van der Waals surface area contributed by atoms with Crippen molar-refractivity contribution in [1.29, 1.82) is 0 Å². The van der Waals surface area contributed by atoms with E-state index in [1.807, 2.05) is 6.92 Å². The van der Waals surface area contributed by atoms with E-state index in [1.165, 1.54) is 0 Å². The molecule has 0 saturated heterocycles. The molecule has 0 aromatic rings. The van der Waals surface area contributed by atoms with Crippen LogP contribution in [-0.2, 0) is 9.53 Å². The van der Waals surface area contributed by atoms with Gasteiger partial charge in [-0.15, -0.1) is 0 Å². The first-order chi connectivity index (χ1) is 8.76. The minimum Gasteiger partial charge on any atom is -0.481 e. The molecule has 0 radical (unpaired) electrons. The van der Waals surface area contributed by atoms with E-state index < -0.39 is 23.6 Å². The smallest absolute Gasteiger partial charge is 0.407 e. The number of carboxylic acid groups (broad SMARTS) is 1. The van der Waals surface area contributed by atoms with Gasteiger partial charge in [0.25, 0.3) is 0 Å². The summed E-state index contributed by atoms with van der Waals surface area (Å²) >= 11 is 0. The average Bonchev–Trinajstić information content (AvgIpc) is 2.25. The van der Waals surface area contributed by atoms with Crippen LogP contribution in [0.2, 0.25) is 0 Å². The van der Waals surface area contributed by atoms with E-state index in [-0.39, 0.29) is 6.54 Å². The Morgan fingerprint density at radius 1 is 1.37 bits per heavy atom. The first-order valence-electron chi connectivity index (χ1n) is 6.62. The maximum absolute atomic E-state index is 11.3. The van der Waals surface area contributed by atoms with E-state index in [0.717, 1.165) is 12.8 Å². The molecule has 2 N–H and O–H groups in total. The molecule has 19 heavy (non-hydrogen) atoms. The summed E-state index contributed by atoms with van der Waals surface area (Å²) in [5.74, 6) is -1.32. The van der Waals surface area contributed by atoms with E-state index in [2.05, 4.69) is 5.32 Å². The molecule has 1 amide bonds. The molecule has 5 heteroatoms. The summed E-state index contributed by atoms with van der Waals surface area (Å²) in [6, 6.07) is 0. The van der Waals surface area contributed by atoms with Crippen LogP contribution in [0.25, 0.3) is 0 Å². The van der Waals surface area contributed by atoms with Gasteiger partial charge in [-0.1, -0.05) is 31.9 Å². The normalized spacial score (nSPS) is 13.3. The fraction of sp³-hybridized carbons (Fsp3) is 0.714. The van der Waals surface area contributed by atoms with Gasteiger partial charge in [-0.05, 0) is 27.2 Å². The molecule has 0 aliphatic heterocycles. The van der Waals surface area contributed by atoms with Gasteiger partial charge >= 0.3 is 12.1 Å². The number of carbonyl (C=O) groups is 2. The van der Waals surface area contributed by atoms with Gasteiger partial charge in [0.1, 0.15) is 5.60 Å². The van der Waals surface area contributed by atoms with Crippen LogP contribution in [0.1, 0.15) is 47.0 Å². The SMILES string of the molecule is CCCC[C@H](/C=C/CNC(=O)OC(C)(C)C)C(=O)O. The topological polar surface area (TPSA) is 75.6 Å². The molecule has 0 spiro atoms. The summed E-state index contributed by atoms with van der Waals surface area (Å²) in [5, 5.41) is 11.5. The van der Waals surface area contributed by atoms with Crippen LogP contribution in [0.15, 0.2) is 12.2 Å². The summed E-state index contributed by atoms with van der Waals surface area (Å²) in [7, 11) is 0. The van der Waals surface area contributed by atoms with Gasteiger partial charge in [0.2, 0.25) is 0 Å². The Labute approximate surface area is 115 Å². The number of carbonyl (C=O) groups excluding carboxylic acids is 1. The number of alkyl carbamates (subject to hydrolysis) is 1. The molecule has 0 aliphatic rings. The van der Waals surface area contributed by atoms with Crippen LogP contribution >= 0.6 is 0 Å². The van der Waals surface area contributed by atoms with Gasteiger partial charge in [-0.25, -0.2) is 4.79 Å². The Hall–Kier alpha value is -1.52. The quantitative estimate of drug-likeness (QED) is 0.698. The Morgan fingerprint density at radius 2 is 2.00 bits per heavy atom. The van der Waals surface area contributed by atoms with Crippen molar-refractivity contribution in [2.24, 2.45) is 5.92 Å². The molecule has 0 heterocycles. The van der Waals surface area contributed by atoms with Crippen molar-refractivity contribution in [3.8, 4) is 0 Å². The molecule has 0 saturated carbocycles. The van der Waals surface area contributed by atoms with Crippen molar-refractivity contribution >= 4 is 12.1 Å². The van der Waals surface area contributed by atoms with Crippen molar-refractivity contribution in [2.75, 3.05) is 6.54 Å². The lowest BCUT2D eigenvalue weighted by molar-refractivity contribution is -0.140. The predicted octanol–water partition coefficient (Wildman–Crippen LogP) is 2.96. The molecule has 0 aromatic heterocycles. The summed E-state index contributed by atoms with van der Waals surface area (Å²) in [5.41, 5.74) is -0.529. The molecular weight excluding hydrogens is 246 g/mol. The van der Waals surface area contributed by atoms with Crippen molar-refractivity contribution in [2.45, 2.75) is 52.6 Å². The third kappa shape index (κ3) is 10.1. The number of rotatable bonds is 7. The van der Waals surface area contributed by atoms with Gasteiger partial charge in [0.15, 0.2) is 0 Å². The highest BCUT2D eigenvalue weighted by Crippen LogP contribution is 2.10. The number of amides is 1. The molecule has 0 aliphatic carbocycles. The van der Waals surface area contributed by atoms with E-state index in [4.69, 9.17) is 9.84 Å². The van der Waals surface area contributed by atoms with E-state index in [1.54, 1.807) is 32.9 Å². The van der Waals surface area contributed by atoms with Crippen molar-refractivity contribution in [3.05, 3.63) is 12.2 Å². The minimum atomic E-state index is -0.832. The summed E-state index contributed by atoms with van der Waals surface area (Å²) in [6.07, 6.45) is 5.23. The van der Waals surface area contributed by atoms with Gasteiger partial charge in [0.05, 0.1) is 5.92 Å². The molecule has 0 aromatic carbocycles. The molecule has 0 rings (SSSR count). The second-order valence-electron chi connectivity index (χ2n) is 5.40. The summed E-state index contributed by atoms with van der Waals surface area (Å²) < 4.78 is 5.06.